The van der Waals surface area contributed by atoms with Crippen LogP contribution in [0.5, 0.6) is 5.75 Å². The number of nitrogens with zero attached hydrogens (tertiary/aromatic N) is 1. The Morgan fingerprint density at radius 2 is 2.08 bits per heavy atom. The number of carbonyl (C=O) groups excluding carboxylic acids is 1. The van der Waals surface area contributed by atoms with Crippen molar-refractivity contribution in [1.82, 2.24) is 15.3 Å². The Kier molecular flexibility index (Phi) is 5.31. The molecule has 3 N–H and O–H groups in total. The lowest BCUT2D eigenvalue weighted by Gasteiger charge is -2.16. The van der Waals surface area contributed by atoms with Crippen molar-refractivity contribution in [1.29, 1.82) is 0 Å². The van der Waals surface area contributed by atoms with Crippen molar-refractivity contribution in [3.8, 4) is 5.75 Å². The van der Waals surface area contributed by atoms with Gasteiger partial charge in [0.05, 0.1) is 7.11 Å². The van der Waals surface area contributed by atoms with Gasteiger partial charge in [-0.15, -0.1) is 0 Å². The minimum atomic E-state index is -1.10. The summed E-state index contributed by atoms with van der Waals surface area (Å²) in [5, 5.41) is 11.9. The van der Waals surface area contributed by atoms with Crippen LogP contribution in [-0.2, 0) is 4.79 Å². The number of aromatic amines is 1. The first-order valence-corrected chi connectivity index (χ1v) is 7.14. The SMILES string of the molecule is COc1ccccc1C(CNC(=O)c1cc(=O)[nH]c(C)n1)C(=O)O. The van der Waals surface area contributed by atoms with Crippen molar-refractivity contribution in [3.63, 3.8) is 0 Å². The second-order valence-electron chi connectivity index (χ2n) is 5.06. The summed E-state index contributed by atoms with van der Waals surface area (Å²) in [7, 11) is 1.44. The molecule has 0 aliphatic rings. The maximum Gasteiger partial charge on any atom is 0.312 e. The fourth-order valence-electron chi connectivity index (χ4n) is 2.27. The van der Waals surface area contributed by atoms with Gasteiger partial charge in [0.15, 0.2) is 0 Å². The summed E-state index contributed by atoms with van der Waals surface area (Å²) in [5.74, 6) is -2.00. The van der Waals surface area contributed by atoms with Crippen molar-refractivity contribution in [2.75, 3.05) is 13.7 Å². The number of aryl methyl sites for hydroxylation is 1. The van der Waals surface area contributed by atoms with Crippen LogP contribution >= 0.6 is 0 Å². The topological polar surface area (TPSA) is 121 Å². The predicted octanol–water partition coefficient (Wildman–Crippen LogP) is 0.685. The van der Waals surface area contributed by atoms with E-state index in [1.54, 1.807) is 31.2 Å². The maximum atomic E-state index is 12.1. The predicted molar refractivity (Wildman–Crippen MR) is 85.3 cm³/mol. The molecular weight excluding hydrogens is 314 g/mol. The molecule has 0 bridgehead atoms. The van der Waals surface area contributed by atoms with Crippen LogP contribution in [0.3, 0.4) is 0 Å². The zero-order chi connectivity index (χ0) is 17.7. The number of hydrogen-bond donors (Lipinski definition) is 3. The molecule has 1 aromatic heterocycles. The van der Waals surface area contributed by atoms with E-state index in [2.05, 4.69) is 15.3 Å². The van der Waals surface area contributed by atoms with Gasteiger partial charge in [0.25, 0.3) is 11.5 Å². The normalized spacial score (nSPS) is 11.6. The maximum absolute atomic E-state index is 12.1. The summed E-state index contributed by atoms with van der Waals surface area (Å²) in [5.41, 5.74) is -0.0737. The summed E-state index contributed by atoms with van der Waals surface area (Å²) in [4.78, 5) is 41.4. The zero-order valence-electron chi connectivity index (χ0n) is 13.2. The van der Waals surface area contributed by atoms with Gasteiger partial charge in [0, 0.05) is 18.2 Å². The number of H-pyrrole nitrogens is 1. The highest BCUT2D eigenvalue weighted by Gasteiger charge is 2.24. The highest BCUT2D eigenvalue weighted by molar-refractivity contribution is 5.92. The Bertz CT molecular complexity index is 815. The number of ether oxygens (including phenoxy) is 1. The van der Waals surface area contributed by atoms with E-state index in [9.17, 15) is 19.5 Å². The molecule has 0 spiro atoms. The summed E-state index contributed by atoms with van der Waals surface area (Å²) in [6, 6.07) is 7.75. The second kappa shape index (κ2) is 7.40. The number of hydrogen-bond acceptors (Lipinski definition) is 5. The first kappa shape index (κ1) is 17.2. The highest BCUT2D eigenvalue weighted by atomic mass is 16.5. The summed E-state index contributed by atoms with van der Waals surface area (Å²) in [6.07, 6.45) is 0. The zero-order valence-corrected chi connectivity index (χ0v) is 13.2. The minimum absolute atomic E-state index is 0.0691. The smallest absolute Gasteiger partial charge is 0.312 e. The quantitative estimate of drug-likeness (QED) is 0.716. The number of carboxylic acid groups (broad SMARTS) is 1. The number of amides is 1. The van der Waals surface area contributed by atoms with Crippen molar-refractivity contribution in [2.24, 2.45) is 0 Å². The first-order chi connectivity index (χ1) is 11.4. The second-order valence-corrected chi connectivity index (χ2v) is 5.06. The molecule has 2 rings (SSSR count). The first-order valence-electron chi connectivity index (χ1n) is 7.14. The number of benzene rings is 1. The van der Waals surface area contributed by atoms with Crippen molar-refractivity contribution in [3.05, 3.63) is 57.8 Å². The molecule has 8 heteroatoms. The molecule has 1 amide bonds. The van der Waals surface area contributed by atoms with Crippen LogP contribution in [0.15, 0.2) is 35.1 Å². The minimum Gasteiger partial charge on any atom is -0.496 e. The number of para-hydroxylation sites is 1. The highest BCUT2D eigenvalue weighted by Crippen LogP contribution is 2.26. The van der Waals surface area contributed by atoms with Crippen LogP contribution in [-0.4, -0.2) is 40.6 Å². The van der Waals surface area contributed by atoms with Gasteiger partial charge in [-0.2, -0.15) is 0 Å². The average molecular weight is 331 g/mol. The van der Waals surface area contributed by atoms with Crippen LogP contribution in [0.2, 0.25) is 0 Å². The van der Waals surface area contributed by atoms with E-state index >= 15 is 0 Å². The van der Waals surface area contributed by atoms with Gasteiger partial charge in [-0.3, -0.25) is 14.4 Å². The Labute approximate surface area is 137 Å². The van der Waals surface area contributed by atoms with E-state index < -0.39 is 23.4 Å². The third kappa shape index (κ3) is 3.97. The number of methoxy groups -OCH3 is 1. The van der Waals surface area contributed by atoms with Crippen molar-refractivity contribution < 1.29 is 19.4 Å². The standard InChI is InChI=1S/C16H17N3O5/c1-9-18-12(7-14(20)19-9)15(21)17-8-11(16(22)23)10-5-3-4-6-13(10)24-2/h3-7,11H,8H2,1-2H3,(H,17,21)(H,22,23)(H,18,19,20). The van der Waals surface area contributed by atoms with Gasteiger partial charge in [0.1, 0.15) is 23.2 Å². The Morgan fingerprint density at radius 1 is 1.38 bits per heavy atom. The van der Waals surface area contributed by atoms with E-state index in [1.165, 1.54) is 7.11 Å². The van der Waals surface area contributed by atoms with Crippen molar-refractivity contribution in [2.45, 2.75) is 12.8 Å². The van der Waals surface area contributed by atoms with Crippen LogP contribution in [0, 0.1) is 6.92 Å². The molecule has 126 valence electrons. The summed E-state index contributed by atoms with van der Waals surface area (Å²) < 4.78 is 5.17. The lowest BCUT2D eigenvalue weighted by atomic mass is 9.98. The number of aliphatic carboxylic acids is 1. The van der Waals surface area contributed by atoms with Gasteiger partial charge >= 0.3 is 5.97 Å². The summed E-state index contributed by atoms with van der Waals surface area (Å²) >= 11 is 0. The van der Waals surface area contributed by atoms with Gasteiger partial charge in [-0.25, -0.2) is 4.98 Å². The molecule has 0 fully saturated rings. The number of rotatable bonds is 6. The van der Waals surface area contributed by atoms with Gasteiger partial charge < -0.3 is 20.1 Å². The number of carboxylic acids is 1. The van der Waals surface area contributed by atoms with E-state index in [0.29, 0.717) is 17.1 Å². The third-order valence-corrected chi connectivity index (χ3v) is 3.37. The van der Waals surface area contributed by atoms with E-state index in [-0.39, 0.29) is 12.2 Å². The van der Waals surface area contributed by atoms with Crippen LogP contribution in [0.1, 0.15) is 27.8 Å². The molecule has 1 atom stereocenters. The number of aromatic nitrogens is 2. The molecule has 0 radical (unpaired) electrons. The van der Waals surface area contributed by atoms with Crippen LogP contribution in [0.4, 0.5) is 0 Å². The molecule has 0 aliphatic heterocycles. The van der Waals surface area contributed by atoms with Crippen LogP contribution < -0.4 is 15.6 Å². The van der Waals surface area contributed by atoms with E-state index in [1.807, 2.05) is 0 Å². The molecule has 2 aromatic rings. The van der Waals surface area contributed by atoms with Gasteiger partial charge in [-0.1, -0.05) is 18.2 Å². The van der Waals surface area contributed by atoms with Crippen molar-refractivity contribution >= 4 is 11.9 Å². The monoisotopic (exact) mass is 331 g/mol. The number of carbonyl (C=O) groups is 2. The molecule has 0 saturated heterocycles. The summed E-state index contributed by atoms with van der Waals surface area (Å²) in [6.45, 7) is 1.38. The molecular formula is C16H17N3O5. The van der Waals surface area contributed by atoms with Gasteiger partial charge in [-0.05, 0) is 13.0 Å². The molecule has 8 nitrogen and oxygen atoms in total. The number of nitrogens with one attached hydrogen (secondary N) is 2. The molecule has 24 heavy (non-hydrogen) atoms. The molecule has 1 heterocycles. The fraction of sp³-hybridized carbons (Fsp3) is 0.250. The molecule has 0 aliphatic carbocycles. The lowest BCUT2D eigenvalue weighted by Crippen LogP contribution is -2.33. The van der Waals surface area contributed by atoms with Gasteiger partial charge in [0.2, 0.25) is 0 Å². The molecule has 1 aromatic carbocycles. The fourth-order valence-corrected chi connectivity index (χ4v) is 2.27. The lowest BCUT2D eigenvalue weighted by molar-refractivity contribution is -0.138. The Morgan fingerprint density at radius 3 is 2.71 bits per heavy atom. The molecule has 1 unspecified atom stereocenters. The average Bonchev–Trinajstić information content (AvgIpc) is 2.54. The van der Waals surface area contributed by atoms with E-state index in [0.717, 1.165) is 6.07 Å². The molecule has 0 saturated carbocycles. The third-order valence-electron chi connectivity index (χ3n) is 3.37. The van der Waals surface area contributed by atoms with E-state index in [4.69, 9.17) is 4.74 Å². The largest absolute Gasteiger partial charge is 0.496 e. The Hall–Kier alpha value is -3.16. The van der Waals surface area contributed by atoms with Crippen LogP contribution in [0.25, 0.3) is 0 Å². The Balaban J connectivity index is 2.19.